The fraction of sp³-hybridized carbons (Fsp3) is 0.475. The van der Waals surface area contributed by atoms with Crippen LogP contribution < -0.4 is 11.1 Å². The third kappa shape index (κ3) is 9.91. The predicted octanol–water partition coefficient (Wildman–Crippen LogP) is 9.14. The second-order valence-corrected chi connectivity index (χ2v) is 14.1. The van der Waals surface area contributed by atoms with Gasteiger partial charge >= 0.3 is 0 Å². The molecule has 0 aliphatic heterocycles. The van der Waals surface area contributed by atoms with E-state index in [1.54, 1.807) is 7.05 Å². The topological polar surface area (TPSA) is 111 Å². The molecule has 2 aromatic carbocycles. The highest BCUT2D eigenvalue weighted by Crippen LogP contribution is 2.33. The van der Waals surface area contributed by atoms with Gasteiger partial charge in [0.2, 0.25) is 0 Å². The van der Waals surface area contributed by atoms with Gasteiger partial charge in [0, 0.05) is 48.2 Å². The van der Waals surface area contributed by atoms with Gasteiger partial charge in [-0.3, -0.25) is 10.1 Å². The summed E-state index contributed by atoms with van der Waals surface area (Å²) in [6, 6.07) is 11.3. The quantitative estimate of drug-likeness (QED) is 0.113. The minimum absolute atomic E-state index is 0.139. The van der Waals surface area contributed by atoms with Crippen LogP contribution in [0.1, 0.15) is 102 Å². The lowest BCUT2D eigenvalue weighted by molar-refractivity contribution is 0.355. The van der Waals surface area contributed by atoms with Gasteiger partial charge in [0.15, 0.2) is 5.82 Å². The molecule has 5 rings (SSSR count). The van der Waals surface area contributed by atoms with E-state index in [-0.39, 0.29) is 11.7 Å². The SMILES string of the molecule is C/C=C(/c1ccc2[nH]nc(-c3nc(C(=NC)c4cc(F)cc(NCCN(C)C)c4)c(C(C)C)[nH]3)c2c1)C(C)C.C=C(N)CC1CCCCC1. The first-order chi connectivity index (χ1) is 23.4. The first-order valence-electron chi connectivity index (χ1n) is 17.8. The van der Waals surface area contributed by atoms with Crippen molar-refractivity contribution in [1.82, 2.24) is 25.1 Å². The van der Waals surface area contributed by atoms with Crippen LogP contribution in [-0.4, -0.2) is 65.0 Å². The number of nitrogens with one attached hydrogen (secondary N) is 3. The number of imidazole rings is 1. The molecule has 2 aromatic heterocycles. The maximum Gasteiger partial charge on any atom is 0.159 e. The molecule has 0 radical (unpaired) electrons. The molecule has 5 N–H and O–H groups in total. The van der Waals surface area contributed by atoms with Gasteiger partial charge in [-0.25, -0.2) is 9.37 Å². The minimum Gasteiger partial charge on any atom is -0.403 e. The first kappa shape index (κ1) is 37.6. The summed E-state index contributed by atoms with van der Waals surface area (Å²) < 4.78 is 14.7. The van der Waals surface area contributed by atoms with E-state index in [9.17, 15) is 4.39 Å². The molecule has 9 heteroatoms. The first-order valence-corrected chi connectivity index (χ1v) is 17.8. The summed E-state index contributed by atoms with van der Waals surface area (Å²) in [5.74, 6) is 1.73. The number of aromatic nitrogens is 4. The van der Waals surface area contributed by atoms with E-state index in [1.165, 1.54) is 55.4 Å². The van der Waals surface area contributed by atoms with Crippen molar-refractivity contribution in [2.75, 3.05) is 39.5 Å². The summed E-state index contributed by atoms with van der Waals surface area (Å²) in [7, 11) is 5.74. The molecule has 4 aromatic rings. The van der Waals surface area contributed by atoms with Crippen LogP contribution in [0.25, 0.3) is 28.0 Å². The number of benzene rings is 2. The number of nitrogens with two attached hydrogens (primary N) is 1. The Kier molecular flexibility index (Phi) is 13.4. The summed E-state index contributed by atoms with van der Waals surface area (Å²) in [6.45, 7) is 16.0. The van der Waals surface area contributed by atoms with Gasteiger partial charge in [-0.05, 0) is 86.7 Å². The average Bonchev–Trinajstić information content (AvgIpc) is 3.66. The zero-order valence-corrected chi connectivity index (χ0v) is 30.9. The van der Waals surface area contributed by atoms with E-state index in [4.69, 9.17) is 10.7 Å². The van der Waals surface area contributed by atoms with Gasteiger partial charge in [-0.15, -0.1) is 0 Å². The highest BCUT2D eigenvalue weighted by Gasteiger charge is 2.23. The molecule has 0 unspecified atom stereocenters. The van der Waals surface area contributed by atoms with Crippen LogP contribution in [0.15, 0.2) is 59.7 Å². The lowest BCUT2D eigenvalue weighted by Crippen LogP contribution is -2.21. The van der Waals surface area contributed by atoms with E-state index < -0.39 is 0 Å². The summed E-state index contributed by atoms with van der Waals surface area (Å²) >= 11 is 0. The van der Waals surface area contributed by atoms with Gasteiger partial charge in [-0.1, -0.05) is 78.5 Å². The van der Waals surface area contributed by atoms with Gasteiger partial charge in [-0.2, -0.15) is 5.10 Å². The second kappa shape index (κ2) is 17.4. The maximum atomic E-state index is 14.7. The number of hydrogen-bond acceptors (Lipinski definition) is 6. The van der Waals surface area contributed by atoms with E-state index in [0.29, 0.717) is 40.9 Å². The molecule has 2 heterocycles. The third-order valence-electron chi connectivity index (χ3n) is 9.15. The molecule has 1 saturated carbocycles. The van der Waals surface area contributed by atoms with Gasteiger partial charge < -0.3 is 20.9 Å². The van der Waals surface area contributed by atoms with E-state index in [0.717, 1.165) is 46.9 Å². The summed E-state index contributed by atoms with van der Waals surface area (Å²) in [4.78, 5) is 15.2. The molecule has 49 heavy (non-hydrogen) atoms. The number of nitrogens with zero attached hydrogens (tertiary/aromatic N) is 4. The van der Waals surface area contributed by atoms with Crippen molar-refractivity contribution >= 4 is 27.9 Å². The normalized spacial score (nSPS) is 14.5. The van der Waals surface area contributed by atoms with E-state index in [2.05, 4.69) is 95.9 Å². The molecule has 0 spiro atoms. The number of fused-ring (bicyclic) bond motifs is 1. The van der Waals surface area contributed by atoms with Crippen molar-refractivity contribution in [1.29, 1.82) is 0 Å². The molecule has 0 amide bonds. The highest BCUT2D eigenvalue weighted by molar-refractivity contribution is 6.13. The molecule has 8 nitrogen and oxygen atoms in total. The smallest absolute Gasteiger partial charge is 0.159 e. The molecule has 1 fully saturated rings. The van der Waals surface area contributed by atoms with Crippen LogP contribution in [-0.2, 0) is 0 Å². The Bertz CT molecular complexity index is 1750. The van der Waals surface area contributed by atoms with Crippen molar-refractivity contribution < 1.29 is 4.39 Å². The number of anilines is 1. The number of hydrogen-bond donors (Lipinski definition) is 4. The standard InChI is InChI=1S/C31H40FN7.C9H17N/c1-9-24(18(2)3)20-10-11-26-25(16-20)29(38-37-26)31-35-27(19(4)5)30(36-31)28(33-6)21-14-22(32)17-23(15-21)34-12-13-39(7)8;1-8(10)7-9-5-3-2-4-6-9/h9-11,14-19,34H,12-13H2,1-8H3,(H,35,36)(H,37,38);9H,1-7,10H2/b24-9+,33-28?;. The van der Waals surface area contributed by atoms with Crippen molar-refractivity contribution in [3.63, 3.8) is 0 Å². The Labute approximate surface area is 292 Å². The number of rotatable bonds is 12. The summed E-state index contributed by atoms with van der Waals surface area (Å²) in [6.07, 6.45) is 10.2. The van der Waals surface area contributed by atoms with Crippen LogP contribution in [0.4, 0.5) is 10.1 Å². The zero-order valence-electron chi connectivity index (χ0n) is 30.9. The largest absolute Gasteiger partial charge is 0.403 e. The summed E-state index contributed by atoms with van der Waals surface area (Å²) in [5, 5.41) is 12.1. The average molecular weight is 669 g/mol. The Morgan fingerprint density at radius 3 is 2.45 bits per heavy atom. The Morgan fingerprint density at radius 2 is 1.84 bits per heavy atom. The molecule has 0 saturated heterocycles. The van der Waals surface area contributed by atoms with Crippen molar-refractivity contribution in [2.24, 2.45) is 22.6 Å². The van der Waals surface area contributed by atoms with Crippen LogP contribution >= 0.6 is 0 Å². The molecule has 1 aliphatic rings. The van der Waals surface area contributed by atoms with E-state index in [1.807, 2.05) is 20.2 Å². The number of likely N-dealkylation sites (N-methyl/N-ethyl adjacent to an activating group) is 1. The van der Waals surface area contributed by atoms with Crippen LogP contribution in [0.3, 0.4) is 0 Å². The molecule has 264 valence electrons. The molecular weight excluding hydrogens is 611 g/mol. The molecular formula is C40H57FN8. The number of halogens is 1. The molecule has 1 aliphatic carbocycles. The predicted molar refractivity (Wildman–Crippen MR) is 206 cm³/mol. The monoisotopic (exact) mass is 668 g/mol. The van der Waals surface area contributed by atoms with Crippen LogP contribution in [0.5, 0.6) is 0 Å². The number of aromatic amines is 2. The van der Waals surface area contributed by atoms with Crippen LogP contribution in [0, 0.1) is 17.7 Å². The second-order valence-electron chi connectivity index (χ2n) is 14.1. The highest BCUT2D eigenvalue weighted by atomic mass is 19.1. The van der Waals surface area contributed by atoms with E-state index >= 15 is 0 Å². The fourth-order valence-corrected chi connectivity index (χ4v) is 6.69. The van der Waals surface area contributed by atoms with Crippen LogP contribution in [0.2, 0.25) is 0 Å². The Hall–Kier alpha value is -4.24. The maximum absolute atomic E-state index is 14.7. The number of allylic oxidation sites excluding steroid dienone is 3. The lowest BCUT2D eigenvalue weighted by atomic mass is 9.86. The zero-order chi connectivity index (χ0) is 35.7. The Morgan fingerprint density at radius 1 is 1.10 bits per heavy atom. The number of H-pyrrole nitrogens is 2. The van der Waals surface area contributed by atoms with Crippen molar-refractivity contribution in [3.05, 3.63) is 83.1 Å². The number of aliphatic imine (C=N–C) groups is 1. The minimum atomic E-state index is -0.321. The molecule has 0 atom stereocenters. The molecule has 0 bridgehead atoms. The van der Waals surface area contributed by atoms with Crippen molar-refractivity contribution in [3.8, 4) is 11.5 Å². The van der Waals surface area contributed by atoms with Gasteiger partial charge in [0.05, 0.1) is 11.2 Å². The van der Waals surface area contributed by atoms with Gasteiger partial charge in [0.25, 0.3) is 0 Å². The third-order valence-corrected chi connectivity index (χ3v) is 9.15. The lowest BCUT2D eigenvalue weighted by Gasteiger charge is -2.20. The fourth-order valence-electron chi connectivity index (χ4n) is 6.69. The Balaban J connectivity index is 0.000000463. The van der Waals surface area contributed by atoms with Crippen molar-refractivity contribution in [2.45, 2.75) is 79.1 Å². The van der Waals surface area contributed by atoms with Gasteiger partial charge in [0.1, 0.15) is 17.2 Å². The summed E-state index contributed by atoms with van der Waals surface area (Å²) in [5.41, 5.74) is 14.2.